The minimum atomic E-state index is -0.532. The summed E-state index contributed by atoms with van der Waals surface area (Å²) in [6.07, 6.45) is -0.682. The van der Waals surface area contributed by atoms with Crippen LogP contribution in [0.25, 0.3) is 0 Å². The molecule has 6 heteroatoms. The van der Waals surface area contributed by atoms with Gasteiger partial charge in [0.05, 0.1) is 6.10 Å². The number of ether oxygens (including phenoxy) is 1. The van der Waals surface area contributed by atoms with Crippen molar-refractivity contribution in [1.29, 1.82) is 0 Å². The van der Waals surface area contributed by atoms with Gasteiger partial charge in [-0.05, 0) is 20.8 Å². The predicted octanol–water partition coefficient (Wildman–Crippen LogP) is 0.104. The number of aliphatic hydroxyl groups excluding tert-OH is 1. The maximum absolute atomic E-state index is 11.5. The molecule has 98 valence electrons. The third kappa shape index (κ3) is 5.04. The number of amides is 2. The zero-order valence-corrected chi connectivity index (χ0v) is 10.5. The number of carbonyl (C=O) groups is 2. The molecule has 0 spiro atoms. The van der Waals surface area contributed by atoms with Crippen molar-refractivity contribution in [2.45, 2.75) is 38.9 Å². The predicted molar refractivity (Wildman–Crippen MR) is 61.4 cm³/mol. The Kier molecular flexibility index (Phi) is 4.34. The smallest absolute Gasteiger partial charge is 0.407 e. The quantitative estimate of drug-likeness (QED) is 0.738. The van der Waals surface area contributed by atoms with E-state index in [-0.39, 0.29) is 18.9 Å². The van der Waals surface area contributed by atoms with Gasteiger partial charge in [0.2, 0.25) is 5.91 Å². The van der Waals surface area contributed by atoms with Gasteiger partial charge in [-0.1, -0.05) is 0 Å². The summed E-state index contributed by atoms with van der Waals surface area (Å²) in [6.45, 7) is 6.37. The van der Waals surface area contributed by atoms with Gasteiger partial charge in [0, 0.05) is 26.1 Å². The largest absolute Gasteiger partial charge is 0.444 e. The average molecular weight is 244 g/mol. The Hall–Kier alpha value is -1.30. The number of alkyl carbamates (subject to hydrolysis) is 1. The van der Waals surface area contributed by atoms with E-state index in [0.29, 0.717) is 13.1 Å². The van der Waals surface area contributed by atoms with E-state index in [1.807, 2.05) is 0 Å². The van der Waals surface area contributed by atoms with Crippen molar-refractivity contribution in [2.75, 3.05) is 19.6 Å². The van der Waals surface area contributed by atoms with Crippen molar-refractivity contribution in [3.63, 3.8) is 0 Å². The molecule has 0 aliphatic carbocycles. The maximum atomic E-state index is 11.5. The van der Waals surface area contributed by atoms with E-state index in [4.69, 9.17) is 9.84 Å². The minimum absolute atomic E-state index is 0.0636. The Morgan fingerprint density at radius 2 is 2.00 bits per heavy atom. The number of aliphatic hydroxyl groups is 1. The lowest BCUT2D eigenvalue weighted by Crippen LogP contribution is -2.54. The van der Waals surface area contributed by atoms with Gasteiger partial charge in [0.15, 0.2) is 0 Å². The van der Waals surface area contributed by atoms with Crippen LogP contribution in [0, 0.1) is 0 Å². The second-order valence-corrected chi connectivity index (χ2v) is 5.13. The third-order valence-electron chi connectivity index (χ3n) is 2.22. The number of nitrogens with one attached hydrogen (secondary N) is 1. The zero-order chi connectivity index (χ0) is 13.1. The van der Waals surface area contributed by atoms with Crippen molar-refractivity contribution >= 4 is 12.0 Å². The topological polar surface area (TPSA) is 78.9 Å². The van der Waals surface area contributed by atoms with Crippen LogP contribution in [0.2, 0.25) is 0 Å². The zero-order valence-electron chi connectivity index (χ0n) is 10.5. The van der Waals surface area contributed by atoms with Gasteiger partial charge in [0.1, 0.15) is 5.60 Å². The summed E-state index contributed by atoms with van der Waals surface area (Å²) >= 11 is 0. The highest BCUT2D eigenvalue weighted by atomic mass is 16.6. The molecule has 0 saturated carbocycles. The van der Waals surface area contributed by atoms with Crippen LogP contribution in [-0.4, -0.2) is 53.3 Å². The number of rotatable bonds is 3. The molecule has 0 atom stereocenters. The van der Waals surface area contributed by atoms with Crippen LogP contribution in [0.15, 0.2) is 0 Å². The molecule has 2 N–H and O–H groups in total. The molecule has 0 bridgehead atoms. The molecule has 0 radical (unpaired) electrons. The third-order valence-corrected chi connectivity index (χ3v) is 2.22. The van der Waals surface area contributed by atoms with Crippen molar-refractivity contribution in [1.82, 2.24) is 10.2 Å². The molecule has 0 unspecified atom stereocenters. The highest BCUT2D eigenvalue weighted by Crippen LogP contribution is 2.09. The van der Waals surface area contributed by atoms with Crippen LogP contribution >= 0.6 is 0 Å². The molecular formula is C11H20N2O4. The SMILES string of the molecule is CC(C)(C)OC(=O)NCCC(=O)N1CC(O)C1. The molecule has 1 fully saturated rings. The number of carbonyl (C=O) groups excluding carboxylic acids is 2. The first-order valence-corrected chi connectivity index (χ1v) is 5.70. The van der Waals surface area contributed by atoms with Crippen molar-refractivity contribution in [2.24, 2.45) is 0 Å². The fourth-order valence-corrected chi connectivity index (χ4v) is 1.40. The van der Waals surface area contributed by atoms with Crippen molar-refractivity contribution in [3.05, 3.63) is 0 Å². The first kappa shape index (κ1) is 13.8. The fraction of sp³-hybridized carbons (Fsp3) is 0.818. The summed E-state index contributed by atoms with van der Waals surface area (Å²) in [6, 6.07) is 0. The molecule has 1 rings (SSSR count). The van der Waals surface area contributed by atoms with Crippen LogP contribution in [0.5, 0.6) is 0 Å². The Morgan fingerprint density at radius 3 is 2.47 bits per heavy atom. The Labute approximate surface area is 101 Å². The molecule has 1 saturated heterocycles. The van der Waals surface area contributed by atoms with Gasteiger partial charge in [-0.15, -0.1) is 0 Å². The van der Waals surface area contributed by atoms with E-state index in [1.54, 1.807) is 25.7 Å². The summed E-state index contributed by atoms with van der Waals surface area (Å²) in [5.41, 5.74) is -0.532. The molecule has 2 amide bonds. The standard InChI is InChI=1S/C11H20N2O4/c1-11(2,3)17-10(16)12-5-4-9(15)13-6-8(14)7-13/h8,14H,4-7H2,1-3H3,(H,12,16). The van der Waals surface area contributed by atoms with Crippen molar-refractivity contribution < 1.29 is 19.4 Å². The van der Waals surface area contributed by atoms with Gasteiger partial charge in [-0.3, -0.25) is 4.79 Å². The molecule has 6 nitrogen and oxygen atoms in total. The molecule has 0 aromatic rings. The summed E-state index contributed by atoms with van der Waals surface area (Å²) in [5, 5.41) is 11.5. The fourth-order valence-electron chi connectivity index (χ4n) is 1.40. The van der Waals surface area contributed by atoms with Gasteiger partial charge < -0.3 is 20.1 Å². The number of β-amino-alcohol motifs (C(OH)–C–C–N with tert-alkyl or cyclic N) is 1. The van der Waals surface area contributed by atoms with E-state index in [9.17, 15) is 9.59 Å². The highest BCUT2D eigenvalue weighted by molar-refractivity contribution is 5.78. The molecule has 1 aliphatic heterocycles. The number of hydrogen-bond donors (Lipinski definition) is 2. The maximum Gasteiger partial charge on any atom is 0.407 e. The van der Waals surface area contributed by atoms with Gasteiger partial charge >= 0.3 is 6.09 Å². The number of nitrogens with zero attached hydrogens (tertiary/aromatic N) is 1. The number of likely N-dealkylation sites (tertiary alicyclic amines) is 1. The van der Waals surface area contributed by atoms with Crippen molar-refractivity contribution in [3.8, 4) is 0 Å². The van der Waals surface area contributed by atoms with Crippen LogP contribution in [0.4, 0.5) is 4.79 Å². The second-order valence-electron chi connectivity index (χ2n) is 5.13. The van der Waals surface area contributed by atoms with Gasteiger partial charge in [-0.25, -0.2) is 4.79 Å². The number of hydrogen-bond acceptors (Lipinski definition) is 4. The average Bonchev–Trinajstić information content (AvgIpc) is 2.09. The molecule has 17 heavy (non-hydrogen) atoms. The summed E-state index contributed by atoms with van der Waals surface area (Å²) in [4.78, 5) is 24.3. The minimum Gasteiger partial charge on any atom is -0.444 e. The summed E-state index contributed by atoms with van der Waals surface area (Å²) < 4.78 is 5.02. The summed E-state index contributed by atoms with van der Waals surface area (Å²) in [7, 11) is 0. The molecule has 0 aromatic carbocycles. The summed E-state index contributed by atoms with van der Waals surface area (Å²) in [5.74, 6) is -0.0636. The normalized spacial score (nSPS) is 16.4. The Bertz CT molecular complexity index is 292. The first-order valence-electron chi connectivity index (χ1n) is 5.70. The molecule has 1 heterocycles. The lowest BCUT2D eigenvalue weighted by molar-refractivity contribution is -0.141. The van der Waals surface area contributed by atoms with E-state index in [1.165, 1.54) is 0 Å². The first-order chi connectivity index (χ1) is 7.78. The second kappa shape index (κ2) is 5.35. The highest BCUT2D eigenvalue weighted by Gasteiger charge is 2.28. The van der Waals surface area contributed by atoms with Crippen LogP contribution in [0.1, 0.15) is 27.2 Å². The van der Waals surface area contributed by atoms with E-state index in [0.717, 1.165) is 0 Å². The van der Waals surface area contributed by atoms with Gasteiger partial charge in [-0.2, -0.15) is 0 Å². The van der Waals surface area contributed by atoms with E-state index >= 15 is 0 Å². The van der Waals surface area contributed by atoms with Crippen LogP contribution < -0.4 is 5.32 Å². The Balaban J connectivity index is 2.11. The molecule has 1 aliphatic rings. The molecular weight excluding hydrogens is 224 g/mol. The van der Waals surface area contributed by atoms with Crippen LogP contribution in [0.3, 0.4) is 0 Å². The Morgan fingerprint density at radius 1 is 1.41 bits per heavy atom. The van der Waals surface area contributed by atoms with Crippen LogP contribution in [-0.2, 0) is 9.53 Å². The lowest BCUT2D eigenvalue weighted by atomic mass is 10.1. The van der Waals surface area contributed by atoms with E-state index in [2.05, 4.69) is 5.32 Å². The monoisotopic (exact) mass is 244 g/mol. The molecule has 0 aromatic heterocycles. The lowest BCUT2D eigenvalue weighted by Gasteiger charge is -2.35. The van der Waals surface area contributed by atoms with Gasteiger partial charge in [0.25, 0.3) is 0 Å². The van der Waals surface area contributed by atoms with E-state index < -0.39 is 17.8 Å².